The summed E-state index contributed by atoms with van der Waals surface area (Å²) < 4.78 is 33.6. The van der Waals surface area contributed by atoms with E-state index in [1.54, 1.807) is 13.3 Å². The number of pyridine rings is 2. The van der Waals surface area contributed by atoms with Crippen LogP contribution in [-0.4, -0.2) is 24.1 Å². The van der Waals surface area contributed by atoms with Gasteiger partial charge in [-0.15, -0.1) is 0 Å². The summed E-state index contributed by atoms with van der Waals surface area (Å²) in [5.74, 6) is 0.543. The lowest BCUT2D eigenvalue weighted by Crippen LogP contribution is -2.13. The largest absolute Gasteiger partial charge is 0.448 e. The second-order valence-corrected chi connectivity index (χ2v) is 6.47. The number of aromatic nitrogens is 2. The molecule has 0 atom stereocenters. The van der Waals surface area contributed by atoms with E-state index < -0.39 is 11.6 Å². The van der Waals surface area contributed by atoms with E-state index in [-0.39, 0.29) is 0 Å². The van der Waals surface area contributed by atoms with Crippen molar-refractivity contribution >= 4 is 23.2 Å². The molecular formula is C22H18F2N4O. The van der Waals surface area contributed by atoms with Crippen LogP contribution in [0, 0.1) is 11.6 Å². The minimum Gasteiger partial charge on any atom is -0.448 e. The second-order valence-electron chi connectivity index (χ2n) is 6.47. The van der Waals surface area contributed by atoms with E-state index >= 15 is 0 Å². The Bertz CT molecular complexity index is 1110. The Labute approximate surface area is 166 Å². The summed E-state index contributed by atoms with van der Waals surface area (Å²) in [5.41, 5.74) is 1.98. The Morgan fingerprint density at radius 3 is 2.28 bits per heavy atom. The van der Waals surface area contributed by atoms with Gasteiger partial charge in [0.25, 0.3) is 0 Å². The Morgan fingerprint density at radius 1 is 0.862 bits per heavy atom. The van der Waals surface area contributed by atoms with Crippen molar-refractivity contribution in [3.8, 4) is 11.1 Å². The standard InChI is InChI=1S/C22H18F2N4O/c1-27(22-4-3-11-29-22)17-7-5-15(6-8-17)18-14-26-21(13-19(18)24)28(2)20-12-16(23)9-10-25-20/h3-14H,1-2H3. The summed E-state index contributed by atoms with van der Waals surface area (Å²) in [6.45, 7) is 0. The van der Waals surface area contributed by atoms with Gasteiger partial charge in [0.2, 0.25) is 0 Å². The molecule has 0 N–H and O–H groups in total. The fourth-order valence-corrected chi connectivity index (χ4v) is 2.96. The van der Waals surface area contributed by atoms with Gasteiger partial charge in [-0.2, -0.15) is 0 Å². The van der Waals surface area contributed by atoms with Gasteiger partial charge in [0, 0.05) is 55.9 Å². The summed E-state index contributed by atoms with van der Waals surface area (Å²) in [5, 5.41) is 0. The van der Waals surface area contributed by atoms with Crippen LogP contribution >= 0.6 is 0 Å². The van der Waals surface area contributed by atoms with Crippen molar-refractivity contribution in [2.24, 2.45) is 0 Å². The molecule has 0 saturated heterocycles. The van der Waals surface area contributed by atoms with Crippen molar-refractivity contribution in [1.29, 1.82) is 0 Å². The molecule has 0 bridgehead atoms. The van der Waals surface area contributed by atoms with Gasteiger partial charge in [0.15, 0.2) is 5.88 Å². The average molecular weight is 392 g/mol. The molecule has 0 fully saturated rings. The minimum atomic E-state index is -0.426. The van der Waals surface area contributed by atoms with Crippen molar-refractivity contribution in [3.63, 3.8) is 0 Å². The molecule has 4 rings (SSSR count). The molecular weight excluding hydrogens is 374 g/mol. The second kappa shape index (κ2) is 7.71. The lowest BCUT2D eigenvalue weighted by molar-refractivity contribution is 0.570. The first-order valence-corrected chi connectivity index (χ1v) is 8.91. The monoisotopic (exact) mass is 392 g/mol. The fraction of sp³-hybridized carbons (Fsp3) is 0.0909. The van der Waals surface area contributed by atoms with Crippen LogP contribution in [0.1, 0.15) is 0 Å². The summed E-state index contributed by atoms with van der Waals surface area (Å²) in [6.07, 6.45) is 4.43. The number of halogens is 2. The van der Waals surface area contributed by atoms with E-state index in [9.17, 15) is 8.78 Å². The van der Waals surface area contributed by atoms with Crippen molar-refractivity contribution in [2.75, 3.05) is 23.9 Å². The predicted octanol–water partition coefficient (Wildman–Crippen LogP) is 5.55. The first kappa shape index (κ1) is 18.6. The first-order chi connectivity index (χ1) is 14.0. The fourth-order valence-electron chi connectivity index (χ4n) is 2.96. The third-order valence-corrected chi connectivity index (χ3v) is 4.64. The maximum atomic E-state index is 14.8. The van der Waals surface area contributed by atoms with Gasteiger partial charge < -0.3 is 14.2 Å². The highest BCUT2D eigenvalue weighted by Gasteiger charge is 2.13. The number of furan rings is 1. The highest BCUT2D eigenvalue weighted by molar-refractivity contribution is 5.69. The van der Waals surface area contributed by atoms with Crippen molar-refractivity contribution in [3.05, 3.63) is 84.9 Å². The molecule has 7 heteroatoms. The Kier molecular flexibility index (Phi) is 4.95. The van der Waals surface area contributed by atoms with E-state index in [1.807, 2.05) is 48.3 Å². The predicted molar refractivity (Wildman–Crippen MR) is 109 cm³/mol. The van der Waals surface area contributed by atoms with E-state index in [4.69, 9.17) is 4.42 Å². The topological polar surface area (TPSA) is 45.4 Å². The summed E-state index contributed by atoms with van der Waals surface area (Å²) in [7, 11) is 3.55. The van der Waals surface area contributed by atoms with Crippen LogP contribution in [0.25, 0.3) is 11.1 Å². The normalized spacial score (nSPS) is 10.8. The van der Waals surface area contributed by atoms with E-state index in [2.05, 4.69) is 9.97 Å². The molecule has 0 amide bonds. The van der Waals surface area contributed by atoms with Crippen LogP contribution in [0.5, 0.6) is 0 Å². The Hall–Kier alpha value is -3.74. The highest BCUT2D eigenvalue weighted by atomic mass is 19.1. The SMILES string of the molecule is CN(c1cc(F)ccn1)c1cc(F)c(-c2ccc(N(C)c3ccco3)cc2)cn1. The molecule has 0 spiro atoms. The minimum absolute atomic E-state index is 0.332. The van der Waals surface area contributed by atoms with E-state index in [1.165, 1.54) is 35.5 Å². The molecule has 5 nitrogen and oxygen atoms in total. The number of benzene rings is 1. The van der Waals surface area contributed by atoms with Gasteiger partial charge in [0.05, 0.1) is 6.26 Å². The first-order valence-electron chi connectivity index (χ1n) is 8.91. The van der Waals surface area contributed by atoms with E-state index in [0.717, 1.165) is 5.69 Å². The maximum absolute atomic E-state index is 14.8. The maximum Gasteiger partial charge on any atom is 0.199 e. The lowest BCUT2D eigenvalue weighted by Gasteiger charge is -2.18. The molecule has 29 heavy (non-hydrogen) atoms. The van der Waals surface area contributed by atoms with Gasteiger partial charge in [-0.05, 0) is 29.8 Å². The molecule has 1 aromatic carbocycles. The van der Waals surface area contributed by atoms with Gasteiger partial charge >= 0.3 is 0 Å². The molecule has 0 unspecified atom stereocenters. The van der Waals surface area contributed by atoms with E-state index in [0.29, 0.717) is 28.6 Å². The van der Waals surface area contributed by atoms with Gasteiger partial charge in [-0.25, -0.2) is 18.7 Å². The summed E-state index contributed by atoms with van der Waals surface area (Å²) in [6, 6.07) is 14.9. The zero-order valence-corrected chi connectivity index (χ0v) is 15.9. The molecule has 0 saturated carbocycles. The van der Waals surface area contributed by atoms with Gasteiger partial charge in [-0.1, -0.05) is 12.1 Å². The Morgan fingerprint density at radius 2 is 1.62 bits per heavy atom. The third-order valence-electron chi connectivity index (χ3n) is 4.64. The lowest BCUT2D eigenvalue weighted by atomic mass is 10.1. The molecule has 146 valence electrons. The Balaban J connectivity index is 1.58. The van der Waals surface area contributed by atoms with Crippen LogP contribution in [-0.2, 0) is 0 Å². The van der Waals surface area contributed by atoms with Crippen LogP contribution in [0.15, 0.2) is 77.7 Å². The van der Waals surface area contributed by atoms with Crippen molar-refractivity contribution in [1.82, 2.24) is 9.97 Å². The molecule has 3 aromatic heterocycles. The molecule has 0 radical (unpaired) electrons. The summed E-state index contributed by atoms with van der Waals surface area (Å²) in [4.78, 5) is 11.8. The van der Waals surface area contributed by atoms with Crippen LogP contribution in [0.4, 0.5) is 32.0 Å². The quantitative estimate of drug-likeness (QED) is 0.446. The highest BCUT2D eigenvalue weighted by Crippen LogP contribution is 2.30. The van der Waals surface area contributed by atoms with Gasteiger partial charge in [0.1, 0.15) is 23.3 Å². The van der Waals surface area contributed by atoms with Crippen LogP contribution in [0.3, 0.4) is 0 Å². The molecule has 3 heterocycles. The third kappa shape index (κ3) is 3.80. The van der Waals surface area contributed by atoms with Crippen LogP contribution < -0.4 is 9.80 Å². The molecule has 0 aliphatic carbocycles. The number of anilines is 4. The number of nitrogens with zero attached hydrogens (tertiary/aromatic N) is 4. The average Bonchev–Trinajstić information content (AvgIpc) is 3.28. The number of rotatable bonds is 5. The molecule has 4 aromatic rings. The van der Waals surface area contributed by atoms with Gasteiger partial charge in [-0.3, -0.25) is 0 Å². The van der Waals surface area contributed by atoms with Crippen molar-refractivity contribution in [2.45, 2.75) is 0 Å². The zero-order valence-electron chi connectivity index (χ0n) is 15.9. The smallest absolute Gasteiger partial charge is 0.199 e. The summed E-state index contributed by atoms with van der Waals surface area (Å²) >= 11 is 0. The van der Waals surface area contributed by atoms with Crippen LogP contribution in [0.2, 0.25) is 0 Å². The molecule has 0 aliphatic rings. The number of hydrogen-bond donors (Lipinski definition) is 0. The molecule has 0 aliphatic heterocycles. The number of hydrogen-bond acceptors (Lipinski definition) is 5. The van der Waals surface area contributed by atoms with Crippen molar-refractivity contribution < 1.29 is 13.2 Å². The zero-order chi connectivity index (χ0) is 20.4.